The second-order valence-electron chi connectivity index (χ2n) is 5.76. The monoisotopic (exact) mass is 253 g/mol. The summed E-state index contributed by atoms with van der Waals surface area (Å²) in [5.41, 5.74) is 0. The summed E-state index contributed by atoms with van der Waals surface area (Å²) in [6.07, 6.45) is 4.79. The number of urea groups is 1. The maximum Gasteiger partial charge on any atom is 0.320 e. The third-order valence-corrected chi connectivity index (χ3v) is 4.58. The van der Waals surface area contributed by atoms with Crippen LogP contribution in [0.4, 0.5) is 4.79 Å². The van der Waals surface area contributed by atoms with Gasteiger partial charge in [-0.05, 0) is 25.7 Å². The van der Waals surface area contributed by atoms with Crippen LogP contribution in [0, 0.1) is 0 Å². The van der Waals surface area contributed by atoms with Crippen LogP contribution in [0.5, 0.6) is 0 Å². The summed E-state index contributed by atoms with van der Waals surface area (Å²) in [7, 11) is 1.97. The van der Waals surface area contributed by atoms with Crippen molar-refractivity contribution >= 4 is 6.03 Å². The zero-order valence-electron chi connectivity index (χ0n) is 11.1. The molecule has 3 aliphatic rings. The second kappa shape index (κ2) is 5.05. The molecule has 5 nitrogen and oxygen atoms in total. The first-order valence-electron chi connectivity index (χ1n) is 7.09. The fraction of sp³-hybridized carbons (Fsp3) is 0.923. The molecule has 0 aromatic rings. The SMILES string of the molecule is CN(C(=O)N1CCOCC1)C1CC2CCC(C1)N2. The van der Waals surface area contributed by atoms with Crippen molar-refractivity contribution in [3.8, 4) is 0 Å². The van der Waals surface area contributed by atoms with Gasteiger partial charge in [0.15, 0.2) is 0 Å². The van der Waals surface area contributed by atoms with E-state index >= 15 is 0 Å². The molecule has 2 unspecified atom stereocenters. The molecule has 2 atom stereocenters. The number of fused-ring (bicyclic) bond motifs is 2. The lowest BCUT2D eigenvalue weighted by molar-refractivity contribution is 0.0396. The number of morpholine rings is 1. The minimum Gasteiger partial charge on any atom is -0.378 e. The van der Waals surface area contributed by atoms with Crippen molar-refractivity contribution in [2.24, 2.45) is 0 Å². The van der Waals surface area contributed by atoms with Gasteiger partial charge < -0.3 is 19.9 Å². The summed E-state index contributed by atoms with van der Waals surface area (Å²) < 4.78 is 5.30. The second-order valence-corrected chi connectivity index (χ2v) is 5.76. The van der Waals surface area contributed by atoms with Crippen molar-refractivity contribution in [3.63, 3.8) is 0 Å². The average molecular weight is 253 g/mol. The van der Waals surface area contributed by atoms with Crippen LogP contribution in [0.15, 0.2) is 0 Å². The van der Waals surface area contributed by atoms with Gasteiger partial charge in [0.25, 0.3) is 0 Å². The van der Waals surface area contributed by atoms with Crippen molar-refractivity contribution < 1.29 is 9.53 Å². The van der Waals surface area contributed by atoms with Gasteiger partial charge in [0, 0.05) is 38.3 Å². The van der Waals surface area contributed by atoms with E-state index in [4.69, 9.17) is 4.74 Å². The fourth-order valence-electron chi connectivity index (χ4n) is 3.48. The lowest BCUT2D eigenvalue weighted by Gasteiger charge is -2.39. The highest BCUT2D eigenvalue weighted by Crippen LogP contribution is 2.29. The molecule has 0 saturated carbocycles. The van der Waals surface area contributed by atoms with Crippen LogP contribution >= 0.6 is 0 Å². The Hall–Kier alpha value is -0.810. The van der Waals surface area contributed by atoms with Crippen molar-refractivity contribution in [2.75, 3.05) is 33.4 Å². The van der Waals surface area contributed by atoms with E-state index in [9.17, 15) is 4.79 Å². The fourth-order valence-corrected chi connectivity index (χ4v) is 3.48. The predicted molar refractivity (Wildman–Crippen MR) is 68.5 cm³/mol. The van der Waals surface area contributed by atoms with Gasteiger partial charge in [0.1, 0.15) is 0 Å². The van der Waals surface area contributed by atoms with E-state index in [0.29, 0.717) is 31.3 Å². The van der Waals surface area contributed by atoms with E-state index in [1.165, 1.54) is 12.8 Å². The highest BCUT2D eigenvalue weighted by atomic mass is 16.5. The molecule has 2 amide bonds. The van der Waals surface area contributed by atoms with E-state index in [1.54, 1.807) is 0 Å². The Morgan fingerprint density at radius 2 is 1.83 bits per heavy atom. The molecule has 0 aromatic heterocycles. The van der Waals surface area contributed by atoms with Crippen molar-refractivity contribution in [1.82, 2.24) is 15.1 Å². The number of amides is 2. The normalized spacial score (nSPS) is 35.6. The third-order valence-electron chi connectivity index (χ3n) is 4.58. The quantitative estimate of drug-likeness (QED) is 0.746. The number of nitrogens with zero attached hydrogens (tertiary/aromatic N) is 2. The van der Waals surface area contributed by atoms with Crippen LogP contribution in [0.1, 0.15) is 25.7 Å². The molecule has 3 fully saturated rings. The Morgan fingerprint density at radius 3 is 2.44 bits per heavy atom. The Bertz CT molecular complexity index is 305. The van der Waals surface area contributed by atoms with Crippen molar-refractivity contribution in [3.05, 3.63) is 0 Å². The number of nitrogens with one attached hydrogen (secondary N) is 1. The lowest BCUT2D eigenvalue weighted by Crippen LogP contribution is -2.54. The van der Waals surface area contributed by atoms with Crippen LogP contribution in [-0.4, -0.2) is 67.3 Å². The summed E-state index contributed by atoms with van der Waals surface area (Å²) in [4.78, 5) is 16.3. The summed E-state index contributed by atoms with van der Waals surface area (Å²) in [6, 6.07) is 1.87. The molecular formula is C13H23N3O2. The molecule has 3 aliphatic heterocycles. The number of piperidine rings is 1. The topological polar surface area (TPSA) is 44.8 Å². The van der Waals surface area contributed by atoms with Gasteiger partial charge in [-0.1, -0.05) is 0 Å². The van der Waals surface area contributed by atoms with Crippen molar-refractivity contribution in [2.45, 2.75) is 43.8 Å². The molecule has 3 saturated heterocycles. The van der Waals surface area contributed by atoms with Gasteiger partial charge in [-0.15, -0.1) is 0 Å². The molecule has 18 heavy (non-hydrogen) atoms. The van der Waals surface area contributed by atoms with Crippen LogP contribution in [0.25, 0.3) is 0 Å². The smallest absolute Gasteiger partial charge is 0.320 e. The molecular weight excluding hydrogens is 230 g/mol. The largest absolute Gasteiger partial charge is 0.378 e. The zero-order valence-corrected chi connectivity index (χ0v) is 11.1. The molecule has 5 heteroatoms. The highest BCUT2D eigenvalue weighted by molar-refractivity contribution is 5.74. The predicted octanol–water partition coefficient (Wildman–Crippen LogP) is 0.653. The van der Waals surface area contributed by atoms with Gasteiger partial charge in [-0.25, -0.2) is 4.79 Å². The molecule has 3 heterocycles. The molecule has 0 spiro atoms. The minimum atomic E-state index is 0.185. The van der Waals surface area contributed by atoms with E-state index in [-0.39, 0.29) is 6.03 Å². The number of carbonyl (C=O) groups excluding carboxylic acids is 1. The summed E-state index contributed by atoms with van der Waals surface area (Å²) in [6.45, 7) is 2.83. The number of hydrogen-bond acceptors (Lipinski definition) is 3. The Balaban J connectivity index is 1.59. The average Bonchev–Trinajstić information content (AvgIpc) is 2.77. The molecule has 0 aliphatic carbocycles. The van der Waals surface area contributed by atoms with E-state index in [2.05, 4.69) is 5.32 Å². The van der Waals surface area contributed by atoms with E-state index < -0.39 is 0 Å². The number of hydrogen-bond donors (Lipinski definition) is 1. The summed E-state index contributed by atoms with van der Waals surface area (Å²) >= 11 is 0. The minimum absolute atomic E-state index is 0.185. The molecule has 2 bridgehead atoms. The van der Waals surface area contributed by atoms with Crippen LogP contribution in [0.2, 0.25) is 0 Å². The standard InChI is InChI=1S/C13H23N3O2/c1-15(13(17)16-4-6-18-7-5-16)12-8-10-2-3-11(9-12)14-10/h10-12,14H,2-9H2,1H3. The Labute approximate surface area is 108 Å². The van der Waals surface area contributed by atoms with Gasteiger partial charge in [-0.2, -0.15) is 0 Å². The van der Waals surface area contributed by atoms with Crippen molar-refractivity contribution in [1.29, 1.82) is 0 Å². The molecule has 3 rings (SSSR count). The molecule has 102 valence electrons. The highest BCUT2D eigenvalue weighted by Gasteiger charge is 2.37. The van der Waals surface area contributed by atoms with E-state index in [1.807, 2.05) is 16.8 Å². The third kappa shape index (κ3) is 2.34. The maximum atomic E-state index is 12.4. The molecule has 1 N–H and O–H groups in total. The molecule has 0 radical (unpaired) electrons. The van der Waals surface area contributed by atoms with Gasteiger partial charge in [0.2, 0.25) is 0 Å². The maximum absolute atomic E-state index is 12.4. The lowest BCUT2D eigenvalue weighted by atomic mass is 9.99. The number of ether oxygens (including phenoxy) is 1. The van der Waals surface area contributed by atoms with Crippen LogP contribution in [-0.2, 0) is 4.74 Å². The van der Waals surface area contributed by atoms with Gasteiger partial charge >= 0.3 is 6.03 Å². The summed E-state index contributed by atoms with van der Waals surface area (Å²) in [5.74, 6) is 0. The summed E-state index contributed by atoms with van der Waals surface area (Å²) in [5, 5.41) is 3.62. The molecule has 0 aromatic carbocycles. The first-order valence-corrected chi connectivity index (χ1v) is 7.09. The van der Waals surface area contributed by atoms with Crippen LogP contribution < -0.4 is 5.32 Å². The number of carbonyl (C=O) groups is 1. The Morgan fingerprint density at radius 1 is 1.22 bits per heavy atom. The zero-order chi connectivity index (χ0) is 12.5. The first kappa shape index (κ1) is 12.2. The van der Waals surface area contributed by atoms with E-state index in [0.717, 1.165) is 25.9 Å². The van der Waals surface area contributed by atoms with Gasteiger partial charge in [0.05, 0.1) is 13.2 Å². The first-order chi connectivity index (χ1) is 8.74. The Kier molecular flexibility index (Phi) is 3.43. The van der Waals surface area contributed by atoms with Crippen LogP contribution in [0.3, 0.4) is 0 Å². The van der Waals surface area contributed by atoms with Gasteiger partial charge in [-0.3, -0.25) is 0 Å². The number of rotatable bonds is 1.